The molecular weight excluding hydrogens is 476 g/mol. The molecule has 10 heteroatoms. The standard InChI is InChI=1S/C22H23F2N3O2S2.ClH/c1-30-17-5-3-15(4-6-17)21(28)27(8-2-7-26-9-11-29-12-10-26)22-25-20-18(24)13-16(23)14-19(20)31-22;/h3-6,13-14H,2,7-12H2,1H3;1H. The van der Waals surface area contributed by atoms with Gasteiger partial charge in [0.05, 0.1) is 17.9 Å². The summed E-state index contributed by atoms with van der Waals surface area (Å²) in [5, 5.41) is 0.375. The molecule has 0 N–H and O–H groups in total. The first-order valence-electron chi connectivity index (χ1n) is 10.1. The summed E-state index contributed by atoms with van der Waals surface area (Å²) in [4.78, 5) is 22.6. The molecule has 2 aromatic carbocycles. The number of rotatable bonds is 7. The van der Waals surface area contributed by atoms with Crippen molar-refractivity contribution < 1.29 is 18.3 Å². The molecule has 4 rings (SSSR count). The minimum atomic E-state index is -0.720. The third kappa shape index (κ3) is 5.77. The van der Waals surface area contributed by atoms with Crippen molar-refractivity contribution in [3.8, 4) is 0 Å². The number of fused-ring (bicyclic) bond motifs is 1. The molecule has 1 saturated heterocycles. The summed E-state index contributed by atoms with van der Waals surface area (Å²) in [6.45, 7) is 4.43. The van der Waals surface area contributed by atoms with Crippen LogP contribution < -0.4 is 4.90 Å². The third-order valence-electron chi connectivity index (χ3n) is 5.17. The Hall–Kier alpha value is -1.78. The van der Waals surface area contributed by atoms with E-state index in [9.17, 15) is 13.6 Å². The smallest absolute Gasteiger partial charge is 0.260 e. The molecule has 0 aliphatic carbocycles. The number of aromatic nitrogens is 1. The molecule has 1 amide bonds. The summed E-state index contributed by atoms with van der Waals surface area (Å²) < 4.78 is 33.6. The second-order valence-corrected chi connectivity index (χ2v) is 9.11. The van der Waals surface area contributed by atoms with Crippen LogP contribution >= 0.6 is 35.5 Å². The van der Waals surface area contributed by atoms with Crippen LogP contribution in [0.25, 0.3) is 10.2 Å². The maximum absolute atomic E-state index is 14.2. The van der Waals surface area contributed by atoms with Gasteiger partial charge in [-0.2, -0.15) is 0 Å². The van der Waals surface area contributed by atoms with E-state index in [0.29, 0.717) is 35.2 Å². The Balaban J connectivity index is 0.00000289. The van der Waals surface area contributed by atoms with Gasteiger partial charge in [-0.25, -0.2) is 13.8 Å². The summed E-state index contributed by atoms with van der Waals surface area (Å²) in [7, 11) is 0. The van der Waals surface area contributed by atoms with Crippen LogP contribution in [-0.2, 0) is 4.74 Å². The van der Waals surface area contributed by atoms with Crippen molar-refractivity contribution in [1.82, 2.24) is 9.88 Å². The number of amides is 1. The average Bonchev–Trinajstić information content (AvgIpc) is 3.21. The molecule has 1 aromatic heterocycles. The van der Waals surface area contributed by atoms with Gasteiger partial charge in [0.2, 0.25) is 0 Å². The van der Waals surface area contributed by atoms with E-state index in [1.165, 1.54) is 6.07 Å². The van der Waals surface area contributed by atoms with E-state index < -0.39 is 11.6 Å². The van der Waals surface area contributed by atoms with Gasteiger partial charge in [0.1, 0.15) is 11.3 Å². The molecule has 5 nitrogen and oxygen atoms in total. The van der Waals surface area contributed by atoms with Crippen molar-refractivity contribution >= 4 is 56.8 Å². The largest absolute Gasteiger partial charge is 0.379 e. The van der Waals surface area contributed by atoms with Gasteiger partial charge in [0, 0.05) is 42.7 Å². The van der Waals surface area contributed by atoms with Crippen molar-refractivity contribution in [1.29, 1.82) is 0 Å². The number of benzene rings is 2. The minimum Gasteiger partial charge on any atom is -0.379 e. The Morgan fingerprint density at radius 1 is 1.22 bits per heavy atom. The van der Waals surface area contributed by atoms with E-state index >= 15 is 0 Å². The van der Waals surface area contributed by atoms with E-state index in [1.807, 2.05) is 18.4 Å². The van der Waals surface area contributed by atoms with Crippen molar-refractivity contribution in [3.63, 3.8) is 0 Å². The van der Waals surface area contributed by atoms with Gasteiger partial charge in [-0.3, -0.25) is 14.6 Å². The normalized spacial score (nSPS) is 14.3. The first-order chi connectivity index (χ1) is 15.0. The number of hydrogen-bond acceptors (Lipinski definition) is 6. The van der Waals surface area contributed by atoms with E-state index in [4.69, 9.17) is 4.74 Å². The number of morpholine rings is 1. The SMILES string of the molecule is CSc1ccc(C(=O)N(CCCN2CCOCC2)c2nc3c(F)cc(F)cc3s2)cc1.Cl. The molecule has 2 heterocycles. The maximum Gasteiger partial charge on any atom is 0.260 e. The highest BCUT2D eigenvalue weighted by atomic mass is 35.5. The lowest BCUT2D eigenvalue weighted by Gasteiger charge is -2.27. The lowest BCUT2D eigenvalue weighted by molar-refractivity contribution is 0.0376. The summed E-state index contributed by atoms with van der Waals surface area (Å²) in [5.41, 5.74) is 0.625. The number of hydrogen-bond donors (Lipinski definition) is 0. The second-order valence-electron chi connectivity index (χ2n) is 7.22. The lowest BCUT2D eigenvalue weighted by Crippen LogP contribution is -2.39. The van der Waals surface area contributed by atoms with Gasteiger partial charge in [-0.1, -0.05) is 11.3 Å². The molecule has 3 aromatic rings. The molecule has 0 atom stereocenters. The van der Waals surface area contributed by atoms with Crippen LogP contribution in [0, 0.1) is 11.6 Å². The minimum absolute atomic E-state index is 0. The van der Waals surface area contributed by atoms with Gasteiger partial charge in [0.25, 0.3) is 5.91 Å². The van der Waals surface area contributed by atoms with Crippen LogP contribution in [0.15, 0.2) is 41.3 Å². The zero-order valence-electron chi connectivity index (χ0n) is 17.6. The van der Waals surface area contributed by atoms with Gasteiger partial charge in [-0.05, 0) is 43.0 Å². The van der Waals surface area contributed by atoms with Crippen molar-refractivity contribution in [2.75, 3.05) is 50.5 Å². The molecule has 0 spiro atoms. The average molecular weight is 500 g/mol. The highest BCUT2D eigenvalue weighted by Gasteiger charge is 2.23. The Morgan fingerprint density at radius 2 is 1.94 bits per heavy atom. The predicted octanol–water partition coefficient (Wildman–Crippen LogP) is 5.09. The molecule has 32 heavy (non-hydrogen) atoms. The number of carbonyl (C=O) groups is 1. The predicted molar refractivity (Wildman–Crippen MR) is 129 cm³/mol. The maximum atomic E-state index is 14.2. The van der Waals surface area contributed by atoms with Crippen LogP contribution in [0.4, 0.5) is 13.9 Å². The van der Waals surface area contributed by atoms with E-state index in [-0.39, 0.29) is 23.8 Å². The number of anilines is 1. The highest BCUT2D eigenvalue weighted by molar-refractivity contribution is 7.98. The second kappa shape index (κ2) is 11.4. The van der Waals surface area contributed by atoms with E-state index in [2.05, 4.69) is 9.88 Å². The van der Waals surface area contributed by atoms with Gasteiger partial charge < -0.3 is 4.74 Å². The number of halogens is 3. The molecule has 0 bridgehead atoms. The molecule has 1 aliphatic rings. The number of thiazole rings is 1. The molecular formula is C22H24ClF2N3O2S2. The van der Waals surface area contributed by atoms with Crippen LogP contribution in [0.2, 0.25) is 0 Å². The molecule has 0 unspecified atom stereocenters. The number of nitrogens with zero attached hydrogens (tertiary/aromatic N) is 3. The van der Waals surface area contributed by atoms with Gasteiger partial charge in [0.15, 0.2) is 10.9 Å². The fraction of sp³-hybridized carbons (Fsp3) is 0.364. The van der Waals surface area contributed by atoms with Gasteiger partial charge in [-0.15, -0.1) is 24.2 Å². The zero-order chi connectivity index (χ0) is 21.8. The fourth-order valence-corrected chi connectivity index (χ4v) is 4.95. The first kappa shape index (κ1) is 24.9. The van der Waals surface area contributed by atoms with Crippen molar-refractivity contribution in [3.05, 3.63) is 53.6 Å². The Bertz CT molecular complexity index is 1060. The van der Waals surface area contributed by atoms with E-state index in [0.717, 1.165) is 48.4 Å². The zero-order valence-corrected chi connectivity index (χ0v) is 20.0. The van der Waals surface area contributed by atoms with Crippen LogP contribution in [0.3, 0.4) is 0 Å². The number of thioether (sulfide) groups is 1. The third-order valence-corrected chi connectivity index (χ3v) is 6.94. The summed E-state index contributed by atoms with van der Waals surface area (Å²) >= 11 is 2.73. The fourth-order valence-electron chi connectivity index (χ4n) is 3.51. The quantitative estimate of drug-likeness (QED) is 0.424. The molecule has 172 valence electrons. The van der Waals surface area contributed by atoms with Crippen LogP contribution in [0.1, 0.15) is 16.8 Å². The Labute approximate surface area is 200 Å². The van der Waals surface area contributed by atoms with E-state index in [1.54, 1.807) is 28.8 Å². The monoisotopic (exact) mass is 499 g/mol. The van der Waals surface area contributed by atoms with Crippen molar-refractivity contribution in [2.45, 2.75) is 11.3 Å². The topological polar surface area (TPSA) is 45.7 Å². The molecule has 1 fully saturated rings. The number of carbonyl (C=O) groups excluding carboxylic acids is 1. The lowest BCUT2D eigenvalue weighted by atomic mass is 10.2. The highest BCUT2D eigenvalue weighted by Crippen LogP contribution is 2.32. The molecule has 0 radical (unpaired) electrons. The summed E-state index contributed by atoms with van der Waals surface area (Å²) in [6, 6.07) is 9.45. The van der Waals surface area contributed by atoms with Crippen LogP contribution in [-0.4, -0.2) is 61.4 Å². The Kier molecular flexibility index (Phi) is 8.84. The van der Waals surface area contributed by atoms with Gasteiger partial charge >= 0.3 is 0 Å². The summed E-state index contributed by atoms with van der Waals surface area (Å²) in [5.74, 6) is -1.57. The van der Waals surface area contributed by atoms with Crippen molar-refractivity contribution in [2.24, 2.45) is 0 Å². The molecule has 1 aliphatic heterocycles. The first-order valence-corrected chi connectivity index (χ1v) is 12.1. The Morgan fingerprint density at radius 3 is 2.62 bits per heavy atom. The van der Waals surface area contributed by atoms with Crippen LogP contribution in [0.5, 0.6) is 0 Å². The molecule has 0 saturated carbocycles. The summed E-state index contributed by atoms with van der Waals surface area (Å²) in [6.07, 6.45) is 2.71. The number of ether oxygens (including phenoxy) is 1.